The highest BCUT2D eigenvalue weighted by Gasteiger charge is 2.30. The smallest absolute Gasteiger partial charge is 0.242 e. The summed E-state index contributed by atoms with van der Waals surface area (Å²) in [6, 6.07) is 5.93. The van der Waals surface area contributed by atoms with Crippen LogP contribution in [-0.2, 0) is 20.7 Å². The predicted molar refractivity (Wildman–Crippen MR) is 164 cm³/mol. The molecule has 0 saturated heterocycles. The number of aryl methyl sites for hydroxylation is 1. The van der Waals surface area contributed by atoms with E-state index in [0.29, 0.717) is 55.2 Å². The SMILES string of the molecule is COc1cc2c(c(OC)c1OC)-c1ccc(N[C@H](C(=O)NCCCOC(C)C)C(C)C)c(=O)cc1[C@H](NC(C)=O)CC2. The number of carbonyl (C=O) groups is 2. The molecule has 230 valence electrons. The van der Waals surface area contributed by atoms with Crippen molar-refractivity contribution in [1.29, 1.82) is 0 Å². The van der Waals surface area contributed by atoms with Crippen LogP contribution < -0.4 is 35.6 Å². The maximum atomic E-state index is 13.7. The Hall–Kier alpha value is -3.79. The van der Waals surface area contributed by atoms with Crippen molar-refractivity contribution in [2.75, 3.05) is 39.8 Å². The van der Waals surface area contributed by atoms with Crippen LogP contribution in [0.3, 0.4) is 0 Å². The lowest BCUT2D eigenvalue weighted by atomic mass is 9.95. The lowest BCUT2D eigenvalue weighted by Gasteiger charge is -2.22. The molecule has 0 aliphatic heterocycles. The van der Waals surface area contributed by atoms with Gasteiger partial charge in [0.15, 0.2) is 11.5 Å². The molecule has 2 aromatic rings. The van der Waals surface area contributed by atoms with Gasteiger partial charge in [-0.15, -0.1) is 0 Å². The van der Waals surface area contributed by atoms with Gasteiger partial charge in [-0.25, -0.2) is 0 Å². The molecule has 10 nitrogen and oxygen atoms in total. The van der Waals surface area contributed by atoms with Crippen LogP contribution in [0.25, 0.3) is 11.1 Å². The number of hydrogen-bond donors (Lipinski definition) is 3. The summed E-state index contributed by atoms with van der Waals surface area (Å²) in [5.41, 5.74) is 3.07. The molecule has 2 amide bonds. The largest absolute Gasteiger partial charge is 0.493 e. The standard InChI is InChI=1S/C32H45N3O7/c1-18(2)29(32(38)33-14-9-15-42-19(3)4)35-25-13-11-22-23(17-26(25)37)24(34-20(5)36)12-10-21-16-27(39-6)30(40-7)31(41-8)28(21)22/h11,13,16-19,24,29H,9-10,12,14-15H2,1-8H3,(H,33,38)(H,34,36)(H,35,37)/t24-,29+/m1/s1. The third-order valence-electron chi connectivity index (χ3n) is 7.25. The van der Waals surface area contributed by atoms with Crippen molar-refractivity contribution < 1.29 is 28.5 Å². The average molecular weight is 584 g/mol. The molecule has 2 aromatic carbocycles. The number of benzene rings is 1. The van der Waals surface area contributed by atoms with Crippen molar-refractivity contribution in [3.8, 4) is 28.4 Å². The average Bonchev–Trinajstić information content (AvgIpc) is 3.18. The van der Waals surface area contributed by atoms with Gasteiger partial charge in [0, 0.05) is 25.6 Å². The molecule has 0 aromatic heterocycles. The van der Waals surface area contributed by atoms with E-state index in [2.05, 4.69) is 16.0 Å². The third-order valence-corrected chi connectivity index (χ3v) is 7.25. The van der Waals surface area contributed by atoms with Crippen LogP contribution in [0.4, 0.5) is 5.69 Å². The quantitative estimate of drug-likeness (QED) is 0.299. The Morgan fingerprint density at radius 3 is 2.31 bits per heavy atom. The van der Waals surface area contributed by atoms with Crippen LogP contribution in [0.1, 0.15) is 64.6 Å². The van der Waals surface area contributed by atoms with Gasteiger partial charge in [0.1, 0.15) is 6.04 Å². The fourth-order valence-electron chi connectivity index (χ4n) is 5.24. The van der Waals surface area contributed by atoms with Crippen LogP contribution in [0.15, 0.2) is 29.1 Å². The Morgan fingerprint density at radius 1 is 1.00 bits per heavy atom. The monoisotopic (exact) mass is 583 g/mol. The first kappa shape index (κ1) is 32.7. The van der Waals surface area contributed by atoms with E-state index in [-0.39, 0.29) is 35.0 Å². The summed E-state index contributed by atoms with van der Waals surface area (Å²) in [5, 5.41) is 9.16. The summed E-state index contributed by atoms with van der Waals surface area (Å²) in [6.45, 7) is 10.3. The van der Waals surface area contributed by atoms with Gasteiger partial charge in [0.25, 0.3) is 0 Å². The van der Waals surface area contributed by atoms with E-state index in [1.54, 1.807) is 33.5 Å². The van der Waals surface area contributed by atoms with Crippen molar-refractivity contribution in [3.05, 3.63) is 45.6 Å². The fraction of sp³-hybridized carbons (Fsp3) is 0.531. The van der Waals surface area contributed by atoms with Gasteiger partial charge in [-0.1, -0.05) is 19.9 Å². The third kappa shape index (κ3) is 7.73. The Morgan fingerprint density at radius 2 is 1.71 bits per heavy atom. The topological polar surface area (TPSA) is 124 Å². The van der Waals surface area contributed by atoms with Crippen molar-refractivity contribution in [3.63, 3.8) is 0 Å². The minimum absolute atomic E-state index is 0.0932. The molecule has 1 aliphatic carbocycles. The minimum Gasteiger partial charge on any atom is -0.493 e. The zero-order chi connectivity index (χ0) is 31.0. The summed E-state index contributed by atoms with van der Waals surface area (Å²) in [4.78, 5) is 39.0. The zero-order valence-electron chi connectivity index (χ0n) is 26.0. The maximum absolute atomic E-state index is 13.7. The van der Waals surface area contributed by atoms with E-state index < -0.39 is 12.1 Å². The van der Waals surface area contributed by atoms with Crippen LogP contribution in [0.2, 0.25) is 0 Å². The number of methoxy groups -OCH3 is 3. The lowest BCUT2D eigenvalue weighted by Crippen LogP contribution is -2.44. The molecule has 3 rings (SSSR count). The Bertz CT molecular complexity index is 1330. The van der Waals surface area contributed by atoms with Crippen LogP contribution in [0, 0.1) is 5.92 Å². The van der Waals surface area contributed by atoms with Gasteiger partial charge < -0.3 is 34.9 Å². The number of rotatable bonds is 13. The number of fused-ring (bicyclic) bond motifs is 3. The van der Waals surface area contributed by atoms with E-state index in [1.165, 1.54) is 6.92 Å². The first-order valence-electron chi connectivity index (χ1n) is 14.5. The van der Waals surface area contributed by atoms with E-state index in [1.807, 2.05) is 39.8 Å². The molecular formula is C32H45N3O7. The molecule has 0 fully saturated rings. The van der Waals surface area contributed by atoms with E-state index in [0.717, 1.165) is 16.7 Å². The second kappa shape index (κ2) is 14.9. The highest BCUT2D eigenvalue weighted by atomic mass is 16.5. The van der Waals surface area contributed by atoms with E-state index >= 15 is 0 Å². The van der Waals surface area contributed by atoms with Crippen molar-refractivity contribution >= 4 is 17.5 Å². The highest BCUT2D eigenvalue weighted by Crippen LogP contribution is 2.50. The second-order valence-electron chi connectivity index (χ2n) is 11.0. The van der Waals surface area contributed by atoms with Gasteiger partial charge in [-0.2, -0.15) is 0 Å². The Labute approximate surface area is 248 Å². The molecule has 1 aliphatic rings. The number of hydrogen-bond acceptors (Lipinski definition) is 8. The molecule has 0 radical (unpaired) electrons. The Kier molecular flexibility index (Phi) is 11.6. The fourth-order valence-corrected chi connectivity index (χ4v) is 5.24. The molecule has 10 heteroatoms. The molecule has 0 unspecified atom stereocenters. The summed E-state index contributed by atoms with van der Waals surface area (Å²) in [6.07, 6.45) is 1.98. The summed E-state index contributed by atoms with van der Waals surface area (Å²) >= 11 is 0. The van der Waals surface area contributed by atoms with Crippen LogP contribution in [-0.4, -0.2) is 58.4 Å². The van der Waals surface area contributed by atoms with Crippen molar-refractivity contribution in [1.82, 2.24) is 10.6 Å². The van der Waals surface area contributed by atoms with Crippen LogP contribution in [0.5, 0.6) is 17.2 Å². The molecule has 3 N–H and O–H groups in total. The number of carbonyl (C=O) groups excluding carboxylic acids is 2. The molecule has 0 saturated carbocycles. The first-order chi connectivity index (χ1) is 20.0. The molecule has 42 heavy (non-hydrogen) atoms. The van der Waals surface area contributed by atoms with Gasteiger partial charge in [0.2, 0.25) is 23.0 Å². The van der Waals surface area contributed by atoms with E-state index in [4.69, 9.17) is 18.9 Å². The molecular weight excluding hydrogens is 538 g/mol. The number of amides is 2. The highest BCUT2D eigenvalue weighted by molar-refractivity contribution is 5.86. The van der Waals surface area contributed by atoms with Gasteiger partial charge in [-0.05, 0) is 73.9 Å². The number of ether oxygens (including phenoxy) is 4. The maximum Gasteiger partial charge on any atom is 0.242 e. The van der Waals surface area contributed by atoms with Crippen molar-refractivity contribution in [2.45, 2.75) is 72.1 Å². The minimum atomic E-state index is -0.636. The van der Waals surface area contributed by atoms with Gasteiger partial charge in [0.05, 0.1) is 39.2 Å². The van der Waals surface area contributed by atoms with Crippen molar-refractivity contribution in [2.24, 2.45) is 5.92 Å². The van der Waals surface area contributed by atoms with Gasteiger partial charge >= 0.3 is 0 Å². The molecule has 0 bridgehead atoms. The molecule has 0 spiro atoms. The predicted octanol–water partition coefficient (Wildman–Crippen LogP) is 4.23. The molecule has 2 atom stereocenters. The van der Waals surface area contributed by atoms with Crippen LogP contribution >= 0.6 is 0 Å². The first-order valence-corrected chi connectivity index (χ1v) is 14.5. The lowest BCUT2D eigenvalue weighted by molar-refractivity contribution is -0.122. The second-order valence-corrected chi connectivity index (χ2v) is 11.0. The normalized spacial score (nSPS) is 14.8. The van der Waals surface area contributed by atoms with E-state index in [9.17, 15) is 14.4 Å². The zero-order valence-corrected chi connectivity index (χ0v) is 26.0. The van der Waals surface area contributed by atoms with Gasteiger partial charge in [-0.3, -0.25) is 14.4 Å². The summed E-state index contributed by atoms with van der Waals surface area (Å²) in [7, 11) is 4.67. The number of nitrogens with one attached hydrogen (secondary N) is 3. The molecule has 0 heterocycles. The number of anilines is 1. The summed E-state index contributed by atoms with van der Waals surface area (Å²) < 4.78 is 22.6. The Balaban J connectivity index is 2.08. The summed E-state index contributed by atoms with van der Waals surface area (Å²) in [5.74, 6) is 0.954.